The van der Waals surface area contributed by atoms with Crippen molar-refractivity contribution in [2.45, 2.75) is 32.5 Å². The zero-order chi connectivity index (χ0) is 12.0. The maximum atomic E-state index is 9.92. The van der Waals surface area contributed by atoms with Gasteiger partial charge in [-0.3, -0.25) is 0 Å². The Kier molecular flexibility index (Phi) is 5.29. The second-order valence-corrected chi connectivity index (χ2v) is 4.00. The smallest absolute Gasteiger partial charge is 0.119 e. The van der Waals surface area contributed by atoms with Crippen molar-refractivity contribution in [3.8, 4) is 5.75 Å². The molecule has 3 heteroatoms. The van der Waals surface area contributed by atoms with E-state index in [0.717, 1.165) is 11.3 Å². The van der Waals surface area contributed by atoms with Crippen molar-refractivity contribution in [2.75, 3.05) is 13.7 Å². The van der Waals surface area contributed by atoms with Gasteiger partial charge >= 0.3 is 0 Å². The Hall–Kier alpha value is -1.06. The molecule has 16 heavy (non-hydrogen) atoms. The van der Waals surface area contributed by atoms with Gasteiger partial charge in [0.05, 0.1) is 19.3 Å². The summed E-state index contributed by atoms with van der Waals surface area (Å²) in [5.41, 5.74) is 0.867. The van der Waals surface area contributed by atoms with E-state index >= 15 is 0 Å². The molecular weight excluding hydrogens is 204 g/mol. The van der Waals surface area contributed by atoms with E-state index in [1.165, 1.54) is 0 Å². The summed E-state index contributed by atoms with van der Waals surface area (Å²) in [5.74, 6) is 0.765. The zero-order valence-electron chi connectivity index (χ0n) is 10.1. The molecule has 0 aliphatic carbocycles. The lowest BCUT2D eigenvalue weighted by Crippen LogP contribution is -2.08. The van der Waals surface area contributed by atoms with E-state index in [1.54, 1.807) is 7.11 Å². The molecule has 0 fully saturated rings. The van der Waals surface area contributed by atoms with E-state index in [0.29, 0.717) is 13.0 Å². The Bertz CT molecular complexity index is 310. The van der Waals surface area contributed by atoms with Crippen LogP contribution < -0.4 is 4.74 Å². The molecule has 0 saturated heterocycles. The molecule has 0 aromatic heterocycles. The molecule has 1 unspecified atom stereocenters. The molecule has 0 aliphatic rings. The highest BCUT2D eigenvalue weighted by molar-refractivity contribution is 5.29. The summed E-state index contributed by atoms with van der Waals surface area (Å²) >= 11 is 0. The molecule has 0 heterocycles. The maximum absolute atomic E-state index is 9.92. The Labute approximate surface area is 97.0 Å². The Morgan fingerprint density at radius 2 is 2.06 bits per heavy atom. The average molecular weight is 224 g/mol. The average Bonchev–Trinajstić information content (AvgIpc) is 2.28. The number of hydrogen-bond acceptors (Lipinski definition) is 3. The molecule has 0 spiro atoms. The largest absolute Gasteiger partial charge is 0.497 e. The van der Waals surface area contributed by atoms with Crippen molar-refractivity contribution in [3.05, 3.63) is 29.8 Å². The van der Waals surface area contributed by atoms with Crippen LogP contribution in [0.2, 0.25) is 0 Å². The van der Waals surface area contributed by atoms with Crippen LogP contribution in [0.3, 0.4) is 0 Å². The number of ether oxygens (including phenoxy) is 2. The van der Waals surface area contributed by atoms with Gasteiger partial charge in [-0.1, -0.05) is 12.1 Å². The molecule has 90 valence electrons. The highest BCUT2D eigenvalue weighted by Crippen LogP contribution is 2.21. The molecule has 0 bridgehead atoms. The SMILES string of the molecule is COc1cccc(C(O)CCOC(C)C)c1. The molecule has 0 saturated carbocycles. The number of methoxy groups -OCH3 is 1. The summed E-state index contributed by atoms with van der Waals surface area (Å²) in [6, 6.07) is 7.48. The molecule has 1 rings (SSSR count). The van der Waals surface area contributed by atoms with Crippen LogP contribution in [0.1, 0.15) is 31.9 Å². The monoisotopic (exact) mass is 224 g/mol. The van der Waals surface area contributed by atoms with Gasteiger partial charge in [-0.15, -0.1) is 0 Å². The third-order valence-corrected chi connectivity index (χ3v) is 2.32. The van der Waals surface area contributed by atoms with E-state index < -0.39 is 6.10 Å². The van der Waals surface area contributed by atoms with Crippen LogP contribution >= 0.6 is 0 Å². The molecule has 0 aliphatic heterocycles. The third-order valence-electron chi connectivity index (χ3n) is 2.32. The number of benzene rings is 1. The van der Waals surface area contributed by atoms with Crippen molar-refractivity contribution >= 4 is 0 Å². The lowest BCUT2D eigenvalue weighted by molar-refractivity contribution is 0.0465. The summed E-state index contributed by atoms with van der Waals surface area (Å²) in [4.78, 5) is 0. The lowest BCUT2D eigenvalue weighted by atomic mass is 10.1. The minimum atomic E-state index is -0.492. The molecule has 1 atom stereocenters. The number of hydrogen-bond donors (Lipinski definition) is 1. The fourth-order valence-electron chi connectivity index (χ4n) is 1.43. The van der Waals surface area contributed by atoms with Crippen molar-refractivity contribution in [1.82, 2.24) is 0 Å². The van der Waals surface area contributed by atoms with Gasteiger partial charge < -0.3 is 14.6 Å². The van der Waals surface area contributed by atoms with E-state index in [4.69, 9.17) is 9.47 Å². The number of rotatable bonds is 6. The van der Waals surface area contributed by atoms with Crippen LogP contribution in [0.15, 0.2) is 24.3 Å². The summed E-state index contributed by atoms with van der Waals surface area (Å²) in [6.45, 7) is 4.53. The van der Waals surface area contributed by atoms with Gasteiger partial charge in [-0.05, 0) is 31.5 Å². The Balaban J connectivity index is 2.48. The third kappa shape index (κ3) is 4.21. The van der Waals surface area contributed by atoms with Crippen LogP contribution in [-0.4, -0.2) is 24.9 Å². The van der Waals surface area contributed by atoms with Crippen LogP contribution in [-0.2, 0) is 4.74 Å². The van der Waals surface area contributed by atoms with Crippen LogP contribution in [0, 0.1) is 0 Å². The topological polar surface area (TPSA) is 38.7 Å². The predicted molar refractivity (Wildman–Crippen MR) is 63.7 cm³/mol. The van der Waals surface area contributed by atoms with E-state index in [1.807, 2.05) is 38.1 Å². The summed E-state index contributed by atoms with van der Waals surface area (Å²) in [7, 11) is 1.62. The molecule has 1 aromatic rings. The first-order chi connectivity index (χ1) is 7.63. The van der Waals surface area contributed by atoms with Gasteiger partial charge in [0.25, 0.3) is 0 Å². The minimum absolute atomic E-state index is 0.206. The van der Waals surface area contributed by atoms with Crippen molar-refractivity contribution in [3.63, 3.8) is 0 Å². The first-order valence-corrected chi connectivity index (χ1v) is 5.57. The van der Waals surface area contributed by atoms with Gasteiger partial charge in [0.1, 0.15) is 5.75 Å². The standard InChI is InChI=1S/C13H20O3/c1-10(2)16-8-7-13(14)11-5-4-6-12(9-11)15-3/h4-6,9-10,13-14H,7-8H2,1-3H3. The van der Waals surface area contributed by atoms with Gasteiger partial charge in [-0.2, -0.15) is 0 Å². The molecule has 3 nitrogen and oxygen atoms in total. The maximum Gasteiger partial charge on any atom is 0.119 e. The number of aliphatic hydroxyl groups is 1. The van der Waals surface area contributed by atoms with E-state index in [9.17, 15) is 5.11 Å². The van der Waals surface area contributed by atoms with Crippen LogP contribution in [0.25, 0.3) is 0 Å². The predicted octanol–water partition coefficient (Wildman–Crippen LogP) is 2.54. The first-order valence-electron chi connectivity index (χ1n) is 5.57. The highest BCUT2D eigenvalue weighted by Gasteiger charge is 2.08. The molecular formula is C13H20O3. The fraction of sp³-hybridized carbons (Fsp3) is 0.538. The Morgan fingerprint density at radius 1 is 1.31 bits per heavy atom. The first kappa shape index (κ1) is 13.0. The molecule has 0 amide bonds. The van der Waals surface area contributed by atoms with Crippen molar-refractivity contribution < 1.29 is 14.6 Å². The second kappa shape index (κ2) is 6.51. The second-order valence-electron chi connectivity index (χ2n) is 4.00. The normalized spacial score (nSPS) is 12.8. The van der Waals surface area contributed by atoms with Crippen molar-refractivity contribution in [1.29, 1.82) is 0 Å². The van der Waals surface area contributed by atoms with Gasteiger partial charge in [0.2, 0.25) is 0 Å². The molecule has 1 aromatic carbocycles. The van der Waals surface area contributed by atoms with E-state index in [-0.39, 0.29) is 6.10 Å². The molecule has 1 N–H and O–H groups in total. The van der Waals surface area contributed by atoms with Gasteiger partial charge in [0, 0.05) is 13.0 Å². The quantitative estimate of drug-likeness (QED) is 0.807. The van der Waals surface area contributed by atoms with Crippen molar-refractivity contribution in [2.24, 2.45) is 0 Å². The zero-order valence-corrected chi connectivity index (χ0v) is 10.1. The molecule has 0 radical (unpaired) electrons. The summed E-state index contributed by atoms with van der Waals surface area (Å²) < 4.78 is 10.5. The van der Waals surface area contributed by atoms with Crippen LogP contribution in [0.5, 0.6) is 5.75 Å². The Morgan fingerprint density at radius 3 is 2.69 bits per heavy atom. The van der Waals surface area contributed by atoms with E-state index in [2.05, 4.69) is 0 Å². The minimum Gasteiger partial charge on any atom is -0.497 e. The highest BCUT2D eigenvalue weighted by atomic mass is 16.5. The lowest BCUT2D eigenvalue weighted by Gasteiger charge is -2.13. The van der Waals surface area contributed by atoms with Gasteiger partial charge in [-0.25, -0.2) is 0 Å². The summed E-state index contributed by atoms with van der Waals surface area (Å²) in [6.07, 6.45) is 0.317. The van der Waals surface area contributed by atoms with Crippen LogP contribution in [0.4, 0.5) is 0 Å². The fourth-order valence-corrected chi connectivity index (χ4v) is 1.43. The van der Waals surface area contributed by atoms with Gasteiger partial charge in [0.15, 0.2) is 0 Å². The number of aliphatic hydroxyl groups excluding tert-OH is 1. The summed E-state index contributed by atoms with van der Waals surface area (Å²) in [5, 5.41) is 9.92.